The zero-order chi connectivity index (χ0) is 11.1. The monoisotopic (exact) mass is 229 g/mol. The molecular weight excluding hydrogens is 214 g/mol. The van der Waals surface area contributed by atoms with Gasteiger partial charge in [-0.3, -0.25) is 0 Å². The second kappa shape index (κ2) is 5.67. The Morgan fingerprint density at radius 3 is 3.00 bits per heavy atom. The molecule has 0 radical (unpaired) electrons. The summed E-state index contributed by atoms with van der Waals surface area (Å²) in [5.41, 5.74) is 0. The van der Waals surface area contributed by atoms with Crippen LogP contribution in [-0.2, 0) is 16.4 Å². The highest BCUT2D eigenvalue weighted by Gasteiger charge is 2.05. The van der Waals surface area contributed by atoms with Gasteiger partial charge in [0.2, 0.25) is 10.0 Å². The molecule has 0 saturated carbocycles. The molecule has 1 rings (SSSR count). The number of H-pyrrole nitrogens is 1. The number of aromatic nitrogens is 2. The molecule has 0 aliphatic heterocycles. The van der Waals surface area contributed by atoms with Crippen molar-refractivity contribution in [2.75, 3.05) is 12.3 Å². The predicted octanol–water partition coefficient (Wildman–Crippen LogP) is 0.448. The van der Waals surface area contributed by atoms with E-state index in [1.807, 2.05) is 0 Å². The molecule has 2 N–H and O–H groups in total. The first kappa shape index (κ1) is 11.9. The summed E-state index contributed by atoms with van der Waals surface area (Å²) >= 11 is 0. The second-order valence-corrected chi connectivity index (χ2v) is 4.96. The molecule has 0 aromatic carbocycles. The molecule has 1 heterocycles. The Balaban J connectivity index is 2.19. The third kappa shape index (κ3) is 4.75. The van der Waals surface area contributed by atoms with Gasteiger partial charge in [0, 0.05) is 25.4 Å². The van der Waals surface area contributed by atoms with Crippen molar-refractivity contribution >= 4 is 10.0 Å². The van der Waals surface area contributed by atoms with Gasteiger partial charge in [-0.25, -0.2) is 18.1 Å². The highest BCUT2D eigenvalue weighted by Crippen LogP contribution is 1.94. The molecule has 0 fully saturated rings. The van der Waals surface area contributed by atoms with Crippen LogP contribution in [0.3, 0.4) is 0 Å². The van der Waals surface area contributed by atoms with Crippen molar-refractivity contribution < 1.29 is 8.42 Å². The molecular formula is C9H15N3O2S. The van der Waals surface area contributed by atoms with Gasteiger partial charge in [-0.2, -0.15) is 0 Å². The maximum Gasteiger partial charge on any atom is 0.215 e. The third-order valence-electron chi connectivity index (χ3n) is 1.80. The van der Waals surface area contributed by atoms with Crippen LogP contribution in [0.1, 0.15) is 12.2 Å². The summed E-state index contributed by atoms with van der Waals surface area (Å²) in [7, 11) is -3.17. The van der Waals surface area contributed by atoms with E-state index in [1.165, 1.54) is 6.08 Å². The van der Waals surface area contributed by atoms with Crippen molar-refractivity contribution in [1.29, 1.82) is 0 Å². The third-order valence-corrected chi connectivity index (χ3v) is 3.12. The Kier molecular flexibility index (Phi) is 4.51. The van der Waals surface area contributed by atoms with Crippen LogP contribution in [0.2, 0.25) is 0 Å². The number of sulfonamides is 1. The van der Waals surface area contributed by atoms with Gasteiger partial charge >= 0.3 is 0 Å². The number of hydrogen-bond donors (Lipinski definition) is 2. The molecule has 84 valence electrons. The van der Waals surface area contributed by atoms with E-state index in [0.717, 1.165) is 18.7 Å². The van der Waals surface area contributed by atoms with Crippen molar-refractivity contribution in [2.24, 2.45) is 0 Å². The van der Waals surface area contributed by atoms with Gasteiger partial charge in [0.1, 0.15) is 5.82 Å². The van der Waals surface area contributed by atoms with Gasteiger partial charge in [-0.05, 0) is 6.42 Å². The van der Waals surface area contributed by atoms with E-state index >= 15 is 0 Å². The minimum absolute atomic E-state index is 0.0340. The Morgan fingerprint density at radius 1 is 1.60 bits per heavy atom. The second-order valence-electron chi connectivity index (χ2n) is 3.10. The van der Waals surface area contributed by atoms with E-state index in [2.05, 4.69) is 21.3 Å². The van der Waals surface area contributed by atoms with Gasteiger partial charge in [0.05, 0.1) is 5.75 Å². The predicted molar refractivity (Wildman–Crippen MR) is 58.9 cm³/mol. The van der Waals surface area contributed by atoms with Gasteiger partial charge in [0.15, 0.2) is 0 Å². The fourth-order valence-electron chi connectivity index (χ4n) is 1.13. The average molecular weight is 229 g/mol. The molecule has 1 aromatic heterocycles. The van der Waals surface area contributed by atoms with E-state index in [1.54, 1.807) is 12.4 Å². The van der Waals surface area contributed by atoms with Crippen LogP contribution in [0.15, 0.2) is 25.0 Å². The smallest absolute Gasteiger partial charge is 0.215 e. The Bertz CT molecular complexity index is 383. The van der Waals surface area contributed by atoms with Crippen molar-refractivity contribution in [1.82, 2.24) is 14.7 Å². The summed E-state index contributed by atoms with van der Waals surface area (Å²) in [5, 5.41) is 0. The quantitative estimate of drug-likeness (QED) is 0.526. The van der Waals surface area contributed by atoms with Gasteiger partial charge in [-0.1, -0.05) is 6.08 Å². The minimum atomic E-state index is -3.17. The fourth-order valence-corrected chi connectivity index (χ4v) is 2.02. The molecule has 5 nitrogen and oxygen atoms in total. The first-order chi connectivity index (χ1) is 7.14. The molecule has 0 aliphatic rings. The molecule has 1 aromatic rings. The van der Waals surface area contributed by atoms with E-state index in [9.17, 15) is 8.42 Å². The average Bonchev–Trinajstić information content (AvgIpc) is 2.65. The van der Waals surface area contributed by atoms with Crippen LogP contribution < -0.4 is 4.72 Å². The maximum absolute atomic E-state index is 11.2. The molecule has 0 atom stereocenters. The largest absolute Gasteiger partial charge is 0.349 e. The maximum atomic E-state index is 11.2. The van der Waals surface area contributed by atoms with Crippen molar-refractivity contribution in [3.63, 3.8) is 0 Å². The lowest BCUT2D eigenvalue weighted by Gasteiger charge is -2.03. The highest BCUT2D eigenvalue weighted by atomic mass is 32.2. The number of imidazole rings is 1. The lowest BCUT2D eigenvalue weighted by atomic mass is 10.3. The number of hydrogen-bond acceptors (Lipinski definition) is 3. The van der Waals surface area contributed by atoms with Crippen LogP contribution >= 0.6 is 0 Å². The van der Waals surface area contributed by atoms with E-state index < -0.39 is 10.0 Å². The lowest BCUT2D eigenvalue weighted by Crippen LogP contribution is -2.26. The van der Waals surface area contributed by atoms with Crippen molar-refractivity contribution in [3.05, 3.63) is 30.9 Å². The number of aromatic amines is 1. The summed E-state index contributed by atoms with van der Waals surface area (Å²) in [6.07, 6.45) is 6.26. The van der Waals surface area contributed by atoms with E-state index in [4.69, 9.17) is 0 Å². The zero-order valence-electron chi connectivity index (χ0n) is 8.44. The Hall–Kier alpha value is -1.14. The lowest BCUT2D eigenvalue weighted by molar-refractivity contribution is 0.581. The molecule has 0 aliphatic carbocycles. The summed E-state index contributed by atoms with van der Waals surface area (Å²) in [4.78, 5) is 6.99. The minimum Gasteiger partial charge on any atom is -0.349 e. The molecule has 15 heavy (non-hydrogen) atoms. The Labute approximate surface area is 89.7 Å². The molecule has 0 bridgehead atoms. The Morgan fingerprint density at radius 2 is 2.40 bits per heavy atom. The van der Waals surface area contributed by atoms with E-state index in [-0.39, 0.29) is 5.75 Å². The molecule has 6 heteroatoms. The van der Waals surface area contributed by atoms with E-state index in [0.29, 0.717) is 6.54 Å². The SMILES string of the molecule is C=CCS(=O)(=O)NCCCc1ncc[nH]1. The van der Waals surface area contributed by atoms with Gasteiger partial charge in [0.25, 0.3) is 0 Å². The molecule has 0 amide bonds. The first-order valence-corrected chi connectivity index (χ1v) is 6.36. The van der Waals surface area contributed by atoms with Crippen molar-refractivity contribution in [2.45, 2.75) is 12.8 Å². The molecule has 0 unspecified atom stereocenters. The topological polar surface area (TPSA) is 74.8 Å². The number of nitrogens with one attached hydrogen (secondary N) is 2. The van der Waals surface area contributed by atoms with Crippen LogP contribution in [0.4, 0.5) is 0 Å². The van der Waals surface area contributed by atoms with Crippen LogP contribution in [-0.4, -0.2) is 30.7 Å². The van der Waals surface area contributed by atoms with Gasteiger partial charge < -0.3 is 4.98 Å². The van der Waals surface area contributed by atoms with Crippen LogP contribution in [0.25, 0.3) is 0 Å². The fraction of sp³-hybridized carbons (Fsp3) is 0.444. The molecule has 0 saturated heterocycles. The summed E-state index contributed by atoms with van der Waals surface area (Å²) in [5.74, 6) is 0.839. The standard InChI is InChI=1S/C9H15N3O2S/c1-2-8-15(13,14)12-5-3-4-9-10-6-7-11-9/h2,6-7,12H,1,3-5,8H2,(H,10,11). The molecule has 0 spiro atoms. The summed E-state index contributed by atoms with van der Waals surface area (Å²) < 4.78 is 24.9. The number of aryl methyl sites for hydroxylation is 1. The normalized spacial score (nSPS) is 11.5. The highest BCUT2D eigenvalue weighted by molar-refractivity contribution is 7.89. The summed E-state index contributed by atoms with van der Waals surface area (Å²) in [6.45, 7) is 3.81. The number of nitrogens with zero attached hydrogens (tertiary/aromatic N) is 1. The first-order valence-electron chi connectivity index (χ1n) is 4.70. The van der Waals surface area contributed by atoms with Crippen LogP contribution in [0.5, 0.6) is 0 Å². The van der Waals surface area contributed by atoms with Crippen molar-refractivity contribution in [3.8, 4) is 0 Å². The summed E-state index contributed by atoms with van der Waals surface area (Å²) in [6, 6.07) is 0. The zero-order valence-corrected chi connectivity index (χ0v) is 9.26. The van der Waals surface area contributed by atoms with Crippen LogP contribution in [0, 0.1) is 0 Å². The van der Waals surface area contributed by atoms with Gasteiger partial charge in [-0.15, -0.1) is 6.58 Å². The number of rotatable bonds is 7.